The van der Waals surface area contributed by atoms with Gasteiger partial charge in [0, 0.05) is 24.3 Å². The number of para-hydroxylation sites is 1. The fourth-order valence-corrected chi connectivity index (χ4v) is 2.59. The summed E-state index contributed by atoms with van der Waals surface area (Å²) in [6, 6.07) is 12.2. The Labute approximate surface area is 107 Å². The minimum Gasteiger partial charge on any atom is -0.472 e. The van der Waals surface area contributed by atoms with Gasteiger partial charge in [-0.3, -0.25) is 0 Å². The van der Waals surface area contributed by atoms with Gasteiger partial charge in [0.25, 0.3) is 0 Å². The molecule has 1 aliphatic heterocycles. The van der Waals surface area contributed by atoms with Gasteiger partial charge in [-0.15, -0.1) is 0 Å². The van der Waals surface area contributed by atoms with Crippen LogP contribution in [0, 0.1) is 0 Å². The summed E-state index contributed by atoms with van der Waals surface area (Å²) in [5, 5.41) is 10.6. The molecule has 1 fully saturated rings. The number of aliphatic hydroxyl groups is 1. The van der Waals surface area contributed by atoms with Gasteiger partial charge in [0.15, 0.2) is 0 Å². The van der Waals surface area contributed by atoms with Gasteiger partial charge in [0.05, 0.1) is 18.1 Å². The van der Waals surface area contributed by atoms with Crippen LogP contribution in [-0.4, -0.2) is 18.2 Å². The lowest BCUT2D eigenvalue weighted by atomic mass is 9.86. The zero-order chi connectivity index (χ0) is 12.4. The highest BCUT2D eigenvalue weighted by Crippen LogP contribution is 2.34. The summed E-state index contributed by atoms with van der Waals surface area (Å²) in [6.45, 7) is 1.73. The fourth-order valence-electron chi connectivity index (χ4n) is 2.59. The predicted octanol–water partition coefficient (Wildman–Crippen LogP) is 2.77. The number of benzene rings is 1. The molecule has 0 bridgehead atoms. The Bertz CT molecular complexity index is 484. The molecule has 0 aliphatic carbocycles. The second-order valence-electron chi connectivity index (χ2n) is 4.87. The monoisotopic (exact) mass is 243 g/mol. The first kappa shape index (κ1) is 11.4. The summed E-state index contributed by atoms with van der Waals surface area (Å²) in [5.41, 5.74) is 1.40. The molecule has 3 rings (SSSR count). The van der Waals surface area contributed by atoms with Crippen molar-refractivity contribution in [1.82, 2.24) is 0 Å². The molecule has 1 N–H and O–H groups in total. The van der Waals surface area contributed by atoms with Gasteiger partial charge in [-0.2, -0.15) is 0 Å². The zero-order valence-corrected chi connectivity index (χ0v) is 10.2. The summed E-state index contributed by atoms with van der Waals surface area (Å²) in [4.78, 5) is 2.31. The summed E-state index contributed by atoms with van der Waals surface area (Å²) in [7, 11) is 0. The molecule has 2 aromatic rings. The van der Waals surface area contributed by atoms with Crippen LogP contribution in [0.25, 0.3) is 0 Å². The smallest absolute Gasteiger partial charge is 0.0963 e. The largest absolute Gasteiger partial charge is 0.472 e. The lowest BCUT2D eigenvalue weighted by molar-refractivity contribution is 0.0112. The summed E-state index contributed by atoms with van der Waals surface area (Å²) < 4.78 is 5.07. The van der Waals surface area contributed by atoms with Crippen LogP contribution in [0.1, 0.15) is 18.4 Å². The summed E-state index contributed by atoms with van der Waals surface area (Å²) >= 11 is 0. The number of rotatable bonds is 2. The Morgan fingerprint density at radius 2 is 1.78 bits per heavy atom. The van der Waals surface area contributed by atoms with Crippen LogP contribution in [0.3, 0.4) is 0 Å². The topological polar surface area (TPSA) is 36.6 Å². The first-order chi connectivity index (χ1) is 8.78. The Kier molecular flexibility index (Phi) is 2.84. The lowest BCUT2D eigenvalue weighted by Gasteiger charge is -2.38. The SMILES string of the molecule is OC1(c2ccoc2)CCN(c2ccccc2)CC1. The van der Waals surface area contributed by atoms with Crippen molar-refractivity contribution in [2.45, 2.75) is 18.4 Å². The van der Waals surface area contributed by atoms with E-state index in [1.54, 1.807) is 12.5 Å². The maximum atomic E-state index is 10.6. The highest BCUT2D eigenvalue weighted by molar-refractivity contribution is 5.46. The molecular weight excluding hydrogens is 226 g/mol. The molecule has 1 saturated heterocycles. The molecule has 0 spiro atoms. The van der Waals surface area contributed by atoms with Gasteiger partial charge in [-0.25, -0.2) is 0 Å². The molecule has 18 heavy (non-hydrogen) atoms. The molecule has 94 valence electrons. The van der Waals surface area contributed by atoms with Crippen molar-refractivity contribution in [1.29, 1.82) is 0 Å². The number of nitrogens with zero attached hydrogens (tertiary/aromatic N) is 1. The van der Waals surface area contributed by atoms with Crippen LogP contribution in [0.4, 0.5) is 5.69 Å². The van der Waals surface area contributed by atoms with Crippen molar-refractivity contribution in [2.75, 3.05) is 18.0 Å². The van der Waals surface area contributed by atoms with E-state index in [4.69, 9.17) is 4.42 Å². The third-order valence-electron chi connectivity index (χ3n) is 3.77. The lowest BCUT2D eigenvalue weighted by Crippen LogP contribution is -2.42. The van der Waals surface area contributed by atoms with E-state index in [1.807, 2.05) is 24.3 Å². The normalized spacial score (nSPS) is 18.8. The molecule has 3 nitrogen and oxygen atoms in total. The Hall–Kier alpha value is -1.74. The molecule has 0 radical (unpaired) electrons. The van der Waals surface area contributed by atoms with Crippen molar-refractivity contribution >= 4 is 5.69 Å². The van der Waals surface area contributed by atoms with Crippen LogP contribution in [0.15, 0.2) is 53.3 Å². The van der Waals surface area contributed by atoms with Crippen LogP contribution >= 0.6 is 0 Å². The third-order valence-corrected chi connectivity index (χ3v) is 3.77. The highest BCUT2D eigenvalue weighted by Gasteiger charge is 2.34. The van der Waals surface area contributed by atoms with Gasteiger partial charge in [-0.05, 0) is 31.0 Å². The quantitative estimate of drug-likeness (QED) is 0.881. The van der Waals surface area contributed by atoms with Gasteiger partial charge in [0.1, 0.15) is 0 Å². The average Bonchev–Trinajstić information content (AvgIpc) is 2.95. The molecule has 3 heteroatoms. The van der Waals surface area contributed by atoms with E-state index in [-0.39, 0.29) is 0 Å². The van der Waals surface area contributed by atoms with Crippen LogP contribution in [0.2, 0.25) is 0 Å². The molecule has 2 heterocycles. The van der Waals surface area contributed by atoms with Gasteiger partial charge in [-0.1, -0.05) is 18.2 Å². The van der Waals surface area contributed by atoms with Crippen molar-refractivity contribution in [3.05, 3.63) is 54.5 Å². The van der Waals surface area contributed by atoms with Gasteiger partial charge < -0.3 is 14.4 Å². The van der Waals surface area contributed by atoms with E-state index in [1.165, 1.54) is 5.69 Å². The van der Waals surface area contributed by atoms with Crippen LogP contribution in [-0.2, 0) is 5.60 Å². The minimum absolute atomic E-state index is 0.724. The van der Waals surface area contributed by atoms with E-state index < -0.39 is 5.60 Å². The zero-order valence-electron chi connectivity index (χ0n) is 10.2. The molecule has 1 aromatic carbocycles. The third kappa shape index (κ3) is 2.02. The second kappa shape index (κ2) is 4.50. The van der Waals surface area contributed by atoms with E-state index in [0.717, 1.165) is 31.5 Å². The minimum atomic E-state index is -0.724. The average molecular weight is 243 g/mol. The second-order valence-corrected chi connectivity index (χ2v) is 4.87. The number of furan rings is 1. The highest BCUT2D eigenvalue weighted by atomic mass is 16.3. The Balaban J connectivity index is 1.72. The fraction of sp³-hybridized carbons (Fsp3) is 0.333. The molecular formula is C15H17NO2. The number of anilines is 1. The van der Waals surface area contributed by atoms with E-state index in [2.05, 4.69) is 17.0 Å². The Morgan fingerprint density at radius 3 is 2.39 bits per heavy atom. The predicted molar refractivity (Wildman–Crippen MR) is 70.5 cm³/mol. The molecule has 1 aromatic heterocycles. The van der Waals surface area contributed by atoms with Gasteiger partial charge >= 0.3 is 0 Å². The maximum absolute atomic E-state index is 10.6. The van der Waals surface area contributed by atoms with E-state index >= 15 is 0 Å². The number of hydrogen-bond acceptors (Lipinski definition) is 3. The molecule has 0 atom stereocenters. The van der Waals surface area contributed by atoms with E-state index in [0.29, 0.717) is 0 Å². The first-order valence-corrected chi connectivity index (χ1v) is 6.33. The summed E-state index contributed by atoms with van der Waals surface area (Å²) in [5.74, 6) is 0. The van der Waals surface area contributed by atoms with E-state index in [9.17, 15) is 5.11 Å². The summed E-state index contributed by atoms with van der Waals surface area (Å²) in [6.07, 6.45) is 4.75. The van der Waals surface area contributed by atoms with Gasteiger partial charge in [0.2, 0.25) is 0 Å². The van der Waals surface area contributed by atoms with Crippen molar-refractivity contribution in [2.24, 2.45) is 0 Å². The Morgan fingerprint density at radius 1 is 1.06 bits per heavy atom. The van der Waals surface area contributed by atoms with Crippen molar-refractivity contribution < 1.29 is 9.52 Å². The number of piperidine rings is 1. The van der Waals surface area contributed by atoms with Crippen molar-refractivity contribution in [3.63, 3.8) is 0 Å². The maximum Gasteiger partial charge on any atom is 0.0963 e. The van der Waals surface area contributed by atoms with Crippen molar-refractivity contribution in [3.8, 4) is 0 Å². The number of hydrogen-bond donors (Lipinski definition) is 1. The first-order valence-electron chi connectivity index (χ1n) is 6.33. The molecule has 0 saturated carbocycles. The standard InChI is InChI=1S/C15H17NO2/c17-15(13-6-11-18-12-13)7-9-16(10-8-15)14-4-2-1-3-5-14/h1-6,11-12,17H,7-10H2. The molecule has 1 aliphatic rings. The molecule has 0 unspecified atom stereocenters. The van der Waals surface area contributed by atoms with Crippen LogP contribution < -0.4 is 4.90 Å². The van der Waals surface area contributed by atoms with Crippen LogP contribution in [0.5, 0.6) is 0 Å². The molecule has 0 amide bonds.